The minimum Gasteiger partial charge on any atom is -0.388 e. The van der Waals surface area contributed by atoms with Gasteiger partial charge in [-0.1, -0.05) is 23.8 Å². The molecule has 0 aliphatic heterocycles. The Balaban J connectivity index is 2.21. The second-order valence-corrected chi connectivity index (χ2v) is 5.13. The van der Waals surface area contributed by atoms with Crippen LogP contribution in [0.2, 0.25) is 5.02 Å². The highest BCUT2D eigenvalue weighted by atomic mass is 79.9. The van der Waals surface area contributed by atoms with E-state index in [-0.39, 0.29) is 4.99 Å². The summed E-state index contributed by atoms with van der Waals surface area (Å²) in [4.78, 5) is 8.48. The van der Waals surface area contributed by atoms with Gasteiger partial charge in [0.05, 0.1) is 18.1 Å². The minimum absolute atomic E-state index is 0.224. The molecule has 0 aliphatic carbocycles. The lowest BCUT2D eigenvalue weighted by Gasteiger charge is -2.08. The van der Waals surface area contributed by atoms with Crippen LogP contribution in [0, 0.1) is 0 Å². The van der Waals surface area contributed by atoms with Crippen molar-refractivity contribution in [3.8, 4) is 0 Å². The Morgan fingerprint density at radius 2 is 2.11 bits per heavy atom. The molecule has 0 bridgehead atoms. The molecule has 2 aromatic rings. The third-order valence-corrected chi connectivity index (χ3v) is 3.20. The zero-order chi connectivity index (χ0) is 13.1. The van der Waals surface area contributed by atoms with Gasteiger partial charge in [0.1, 0.15) is 16.5 Å². The van der Waals surface area contributed by atoms with Crippen molar-refractivity contribution in [2.75, 3.05) is 5.32 Å². The minimum atomic E-state index is 0.224. The van der Waals surface area contributed by atoms with Crippen LogP contribution in [0.25, 0.3) is 0 Å². The van der Waals surface area contributed by atoms with Crippen LogP contribution in [0.3, 0.4) is 0 Å². The Morgan fingerprint density at radius 3 is 2.67 bits per heavy atom. The van der Waals surface area contributed by atoms with Gasteiger partial charge < -0.3 is 11.1 Å². The highest BCUT2D eigenvalue weighted by Gasteiger charge is 2.03. The number of thiocarbonyl (C=S) groups is 1. The van der Waals surface area contributed by atoms with Gasteiger partial charge in [-0.25, -0.2) is 9.97 Å². The number of nitrogens with zero attached hydrogens (tertiary/aromatic N) is 2. The van der Waals surface area contributed by atoms with E-state index in [2.05, 4.69) is 31.2 Å². The standard InChI is InChI=1S/C11H8BrClN4S/c12-7-3-6(13)1-2-8(7)17-10-5-15-9(4-16-10)11(14)18/h1-5H,(H2,14,18)(H,16,17). The van der Waals surface area contributed by atoms with E-state index in [1.807, 2.05) is 6.07 Å². The van der Waals surface area contributed by atoms with E-state index in [1.54, 1.807) is 18.3 Å². The molecule has 3 N–H and O–H groups in total. The highest BCUT2D eigenvalue weighted by molar-refractivity contribution is 9.10. The van der Waals surface area contributed by atoms with Crippen LogP contribution in [0.1, 0.15) is 5.69 Å². The first-order valence-corrected chi connectivity index (χ1v) is 6.48. The van der Waals surface area contributed by atoms with E-state index >= 15 is 0 Å². The molecule has 2 rings (SSSR count). The summed E-state index contributed by atoms with van der Waals surface area (Å²) in [5.74, 6) is 0.595. The number of anilines is 2. The molecule has 4 nitrogen and oxygen atoms in total. The van der Waals surface area contributed by atoms with Crippen LogP contribution < -0.4 is 11.1 Å². The lowest BCUT2D eigenvalue weighted by atomic mass is 10.3. The normalized spacial score (nSPS) is 10.1. The molecule has 0 unspecified atom stereocenters. The first kappa shape index (κ1) is 13.2. The molecular weight excluding hydrogens is 336 g/mol. The van der Waals surface area contributed by atoms with Crippen LogP contribution in [-0.4, -0.2) is 15.0 Å². The van der Waals surface area contributed by atoms with E-state index in [0.29, 0.717) is 16.5 Å². The molecule has 1 heterocycles. The molecule has 0 saturated heterocycles. The van der Waals surface area contributed by atoms with Crippen molar-refractivity contribution in [3.05, 3.63) is 45.8 Å². The van der Waals surface area contributed by atoms with Crippen molar-refractivity contribution in [2.24, 2.45) is 5.73 Å². The van der Waals surface area contributed by atoms with Crippen molar-refractivity contribution in [1.29, 1.82) is 0 Å². The third kappa shape index (κ3) is 3.16. The van der Waals surface area contributed by atoms with Crippen LogP contribution in [0.4, 0.5) is 11.5 Å². The van der Waals surface area contributed by atoms with Crippen LogP contribution >= 0.6 is 39.7 Å². The first-order chi connectivity index (χ1) is 8.56. The Hall–Kier alpha value is -1.24. The summed E-state index contributed by atoms with van der Waals surface area (Å²) in [6.07, 6.45) is 3.09. The van der Waals surface area contributed by atoms with Crippen LogP contribution in [0.5, 0.6) is 0 Å². The van der Waals surface area contributed by atoms with Gasteiger partial charge in [-0.2, -0.15) is 0 Å². The summed E-state index contributed by atoms with van der Waals surface area (Å²) in [5, 5.41) is 3.76. The Kier molecular flexibility index (Phi) is 4.11. The number of hydrogen-bond donors (Lipinski definition) is 2. The van der Waals surface area contributed by atoms with E-state index in [0.717, 1.165) is 10.2 Å². The second-order valence-electron chi connectivity index (χ2n) is 3.40. The van der Waals surface area contributed by atoms with Gasteiger partial charge in [0.15, 0.2) is 0 Å². The maximum Gasteiger partial charge on any atom is 0.148 e. The monoisotopic (exact) mass is 342 g/mol. The molecule has 0 radical (unpaired) electrons. The number of aromatic nitrogens is 2. The topological polar surface area (TPSA) is 63.8 Å². The Labute approximate surface area is 123 Å². The summed E-state index contributed by atoms with van der Waals surface area (Å²) in [5.41, 5.74) is 6.78. The molecule has 0 amide bonds. The smallest absolute Gasteiger partial charge is 0.148 e. The van der Waals surface area contributed by atoms with Gasteiger partial charge in [-0.3, -0.25) is 0 Å². The van der Waals surface area contributed by atoms with E-state index in [9.17, 15) is 0 Å². The van der Waals surface area contributed by atoms with Gasteiger partial charge in [0.25, 0.3) is 0 Å². The fourth-order valence-electron chi connectivity index (χ4n) is 1.25. The summed E-state index contributed by atoms with van der Waals surface area (Å²) in [6.45, 7) is 0. The summed E-state index contributed by atoms with van der Waals surface area (Å²) in [6, 6.07) is 5.42. The van der Waals surface area contributed by atoms with Gasteiger partial charge in [-0.15, -0.1) is 0 Å². The average molecular weight is 344 g/mol. The number of nitrogens with one attached hydrogen (secondary N) is 1. The molecule has 1 aromatic heterocycles. The summed E-state index contributed by atoms with van der Waals surface area (Å²) in [7, 11) is 0. The molecule has 92 valence electrons. The number of rotatable bonds is 3. The van der Waals surface area contributed by atoms with Crippen molar-refractivity contribution < 1.29 is 0 Å². The number of nitrogens with two attached hydrogens (primary N) is 1. The quantitative estimate of drug-likeness (QED) is 0.837. The second kappa shape index (κ2) is 5.60. The molecule has 0 aliphatic rings. The van der Waals surface area contributed by atoms with Gasteiger partial charge in [-0.05, 0) is 34.1 Å². The Bertz CT molecular complexity index is 588. The van der Waals surface area contributed by atoms with Crippen LogP contribution in [-0.2, 0) is 0 Å². The molecule has 0 saturated carbocycles. The number of halogens is 2. The predicted molar refractivity (Wildman–Crippen MR) is 80.4 cm³/mol. The highest BCUT2D eigenvalue weighted by Crippen LogP contribution is 2.27. The predicted octanol–water partition coefficient (Wildman–Crippen LogP) is 3.27. The molecule has 0 fully saturated rings. The average Bonchev–Trinajstić information content (AvgIpc) is 2.33. The van der Waals surface area contributed by atoms with Gasteiger partial charge in [0, 0.05) is 9.50 Å². The Morgan fingerprint density at radius 1 is 1.33 bits per heavy atom. The fourth-order valence-corrected chi connectivity index (χ4v) is 2.14. The van der Waals surface area contributed by atoms with Crippen LogP contribution in [0.15, 0.2) is 35.1 Å². The first-order valence-electron chi connectivity index (χ1n) is 4.90. The zero-order valence-electron chi connectivity index (χ0n) is 9.02. The van der Waals surface area contributed by atoms with Crippen molar-refractivity contribution >= 4 is 56.2 Å². The third-order valence-electron chi connectivity index (χ3n) is 2.10. The van der Waals surface area contributed by atoms with E-state index < -0.39 is 0 Å². The molecule has 0 spiro atoms. The number of hydrogen-bond acceptors (Lipinski definition) is 4. The summed E-state index contributed by atoms with van der Waals surface area (Å²) < 4.78 is 0.843. The fraction of sp³-hybridized carbons (Fsp3) is 0. The molecule has 18 heavy (non-hydrogen) atoms. The zero-order valence-corrected chi connectivity index (χ0v) is 12.2. The maximum absolute atomic E-state index is 5.86. The van der Waals surface area contributed by atoms with Crippen molar-refractivity contribution in [2.45, 2.75) is 0 Å². The van der Waals surface area contributed by atoms with E-state index in [4.69, 9.17) is 29.6 Å². The maximum atomic E-state index is 5.86. The van der Waals surface area contributed by atoms with Gasteiger partial charge in [0.2, 0.25) is 0 Å². The SMILES string of the molecule is NC(=S)c1cnc(Nc2ccc(Cl)cc2Br)cn1. The number of benzene rings is 1. The molecule has 7 heteroatoms. The van der Waals surface area contributed by atoms with E-state index in [1.165, 1.54) is 6.20 Å². The van der Waals surface area contributed by atoms with Crippen molar-refractivity contribution in [3.63, 3.8) is 0 Å². The van der Waals surface area contributed by atoms with Crippen molar-refractivity contribution in [1.82, 2.24) is 9.97 Å². The molecule has 1 aromatic carbocycles. The molecular formula is C11H8BrClN4S. The lowest BCUT2D eigenvalue weighted by molar-refractivity contribution is 1.18. The lowest BCUT2D eigenvalue weighted by Crippen LogP contribution is -2.12. The molecule has 0 atom stereocenters. The largest absolute Gasteiger partial charge is 0.388 e. The summed E-state index contributed by atoms with van der Waals surface area (Å²) >= 11 is 14.1. The van der Waals surface area contributed by atoms with Gasteiger partial charge >= 0.3 is 0 Å².